The molecule has 19 nitrogen and oxygen atoms in total. The first-order chi connectivity index (χ1) is 31.7. The van der Waals surface area contributed by atoms with Crippen LogP contribution in [0.1, 0.15) is 37.5 Å². The second kappa shape index (κ2) is 23.5. The molecule has 19 heteroatoms. The minimum absolute atomic E-state index is 0.222. The smallest absolute Gasteiger partial charge is 0.217 e. The number of aliphatic hydroxyl groups excluding tert-OH is 7. The van der Waals surface area contributed by atoms with E-state index in [-0.39, 0.29) is 26.4 Å². The number of aliphatic hydroxyl groups is 7. The lowest BCUT2D eigenvalue weighted by Crippen LogP contribution is -2.66. The van der Waals surface area contributed by atoms with Crippen molar-refractivity contribution in [1.29, 1.82) is 0 Å². The summed E-state index contributed by atoms with van der Waals surface area (Å²) >= 11 is 0. The molecule has 0 spiro atoms. The van der Waals surface area contributed by atoms with Gasteiger partial charge in [-0.15, -0.1) is 0 Å². The van der Waals surface area contributed by atoms with E-state index in [1.807, 2.05) is 91.0 Å². The maximum Gasteiger partial charge on any atom is 0.217 e. The summed E-state index contributed by atoms with van der Waals surface area (Å²) < 4.78 is 38.2. The number of nitrogens with one attached hydrogen (secondary N) is 3. The van der Waals surface area contributed by atoms with Gasteiger partial charge >= 0.3 is 0 Å². The summed E-state index contributed by atoms with van der Waals surface area (Å²) in [6, 6.07) is 25.0. The summed E-state index contributed by atoms with van der Waals surface area (Å²) in [4.78, 5) is 37.4. The number of carbonyl (C=O) groups excluding carboxylic acids is 3. The second-order valence-corrected chi connectivity index (χ2v) is 17.0. The van der Waals surface area contributed by atoms with Crippen LogP contribution in [-0.2, 0) is 48.4 Å². The Bertz CT molecular complexity index is 1890. The Hall–Kier alpha value is -4.45. The van der Waals surface area contributed by atoms with Gasteiger partial charge in [0.05, 0.1) is 82.7 Å². The molecule has 10 N–H and O–H groups in total. The maximum absolute atomic E-state index is 13.3. The van der Waals surface area contributed by atoms with Crippen LogP contribution in [0.5, 0.6) is 0 Å². The molecule has 6 unspecified atom stereocenters. The van der Waals surface area contributed by atoms with Crippen LogP contribution in [0.2, 0.25) is 0 Å². The van der Waals surface area contributed by atoms with Gasteiger partial charge in [0.2, 0.25) is 17.7 Å². The number of amides is 3. The van der Waals surface area contributed by atoms with Crippen LogP contribution in [0.15, 0.2) is 91.0 Å². The molecular weight excluding hydrogens is 863 g/mol. The summed E-state index contributed by atoms with van der Waals surface area (Å²) in [5.41, 5.74) is 0.771. The lowest BCUT2D eigenvalue weighted by molar-refractivity contribution is -0.251. The van der Waals surface area contributed by atoms with E-state index in [2.05, 4.69) is 16.0 Å². The van der Waals surface area contributed by atoms with Crippen molar-refractivity contribution in [1.82, 2.24) is 16.0 Å². The van der Waals surface area contributed by atoms with Crippen LogP contribution >= 0.6 is 0 Å². The zero-order chi connectivity index (χ0) is 47.5. The van der Waals surface area contributed by atoms with Crippen molar-refractivity contribution in [3.05, 3.63) is 108 Å². The predicted octanol–water partition coefficient (Wildman–Crippen LogP) is -1.54. The monoisotopic (exact) mass is 925 g/mol. The molecule has 3 amide bonds. The number of carbonyl (C=O) groups is 3. The molecular formula is C47H63N3O16. The van der Waals surface area contributed by atoms with Gasteiger partial charge in [0, 0.05) is 32.6 Å². The molecule has 66 heavy (non-hydrogen) atoms. The largest absolute Gasteiger partial charge is 0.394 e. The molecule has 0 bridgehead atoms. The number of benzene rings is 3. The molecule has 362 valence electrons. The van der Waals surface area contributed by atoms with Gasteiger partial charge in [-0.25, -0.2) is 0 Å². The molecule has 0 radical (unpaired) electrons. The molecule has 0 aromatic heterocycles. The van der Waals surface area contributed by atoms with Crippen molar-refractivity contribution in [2.45, 2.75) is 106 Å². The van der Waals surface area contributed by atoms with E-state index in [4.69, 9.17) is 28.4 Å². The lowest BCUT2D eigenvalue weighted by Gasteiger charge is -2.50. The Labute approximate surface area is 382 Å². The van der Waals surface area contributed by atoms with Crippen LogP contribution in [0.4, 0.5) is 0 Å². The summed E-state index contributed by atoms with van der Waals surface area (Å²) in [5, 5.41) is 82.8. The van der Waals surface area contributed by atoms with Gasteiger partial charge in [0.15, 0.2) is 6.29 Å². The van der Waals surface area contributed by atoms with Gasteiger partial charge in [-0.1, -0.05) is 91.0 Å². The Morgan fingerprint density at radius 1 is 0.500 bits per heavy atom. The van der Waals surface area contributed by atoms with Gasteiger partial charge < -0.3 is 80.1 Å². The quantitative estimate of drug-likeness (QED) is 0.0610. The number of hydrogen-bond acceptors (Lipinski definition) is 16. The van der Waals surface area contributed by atoms with Crippen molar-refractivity contribution in [3.8, 4) is 0 Å². The van der Waals surface area contributed by atoms with E-state index >= 15 is 0 Å². The standard InChI is InChI=1S/C47H63N3O16/c1-26(54)48-39-37(64-36(21-53)43(58)44(39)59)24-62-23-33-35(20-52)63-38(25-61-22-32-34(19-51)65-46(60)41(42(32)57)50-28(3)56)40(49-27(2)55)45(33)66-47(29-13-7-4-8-14-29,30-15-9-5-10-16-30)31-17-11-6-12-18-31/h4-18,32-46,51-53,57-60H,19-25H2,1-3H3,(H,48,54)(H,49,55)(H,50,56)/t32-,33-,34?,35?,36?,37+,38+,39?,40?,41?,42+,43-,44-,45+,46-/m1/s1. The van der Waals surface area contributed by atoms with E-state index in [0.717, 1.165) is 16.7 Å². The Balaban J connectivity index is 1.40. The van der Waals surface area contributed by atoms with Crippen molar-refractivity contribution < 1.29 is 78.6 Å². The Kier molecular flexibility index (Phi) is 18.2. The van der Waals surface area contributed by atoms with E-state index in [1.54, 1.807) is 0 Å². The van der Waals surface area contributed by atoms with Crippen LogP contribution in [-0.4, -0.2) is 179 Å². The van der Waals surface area contributed by atoms with Crippen molar-refractivity contribution in [2.24, 2.45) is 11.8 Å². The van der Waals surface area contributed by atoms with E-state index in [0.29, 0.717) is 0 Å². The molecule has 3 heterocycles. The maximum atomic E-state index is 13.3. The highest BCUT2D eigenvalue weighted by Gasteiger charge is 2.53. The van der Waals surface area contributed by atoms with E-state index in [9.17, 15) is 50.1 Å². The highest BCUT2D eigenvalue weighted by molar-refractivity contribution is 5.74. The van der Waals surface area contributed by atoms with Gasteiger partial charge in [0.25, 0.3) is 0 Å². The van der Waals surface area contributed by atoms with E-state index < -0.39 is 134 Å². The van der Waals surface area contributed by atoms with Crippen LogP contribution in [0.25, 0.3) is 0 Å². The number of hydrogen-bond donors (Lipinski definition) is 10. The minimum atomic E-state index is -1.61. The fourth-order valence-electron chi connectivity index (χ4n) is 9.31. The summed E-state index contributed by atoms with van der Waals surface area (Å²) in [7, 11) is 0. The summed E-state index contributed by atoms with van der Waals surface area (Å²) in [6.45, 7) is 0.954. The first-order valence-electron chi connectivity index (χ1n) is 22.1. The average Bonchev–Trinajstić information content (AvgIpc) is 3.31. The lowest BCUT2D eigenvalue weighted by atomic mass is 9.78. The van der Waals surface area contributed by atoms with Crippen molar-refractivity contribution in [3.63, 3.8) is 0 Å². The summed E-state index contributed by atoms with van der Waals surface area (Å²) in [5.74, 6) is -3.34. The fraction of sp³-hybridized carbons (Fsp3) is 0.553. The van der Waals surface area contributed by atoms with E-state index in [1.165, 1.54) is 20.8 Å². The highest BCUT2D eigenvalue weighted by atomic mass is 16.6. The molecule has 3 aliphatic heterocycles. The molecule has 3 fully saturated rings. The predicted molar refractivity (Wildman–Crippen MR) is 233 cm³/mol. The van der Waals surface area contributed by atoms with Gasteiger partial charge in [-0.05, 0) is 16.7 Å². The van der Waals surface area contributed by atoms with Crippen LogP contribution in [0.3, 0.4) is 0 Å². The second-order valence-electron chi connectivity index (χ2n) is 17.0. The average molecular weight is 926 g/mol. The van der Waals surface area contributed by atoms with Gasteiger partial charge in [-0.3, -0.25) is 14.4 Å². The minimum Gasteiger partial charge on any atom is -0.394 e. The van der Waals surface area contributed by atoms with Gasteiger partial charge in [0.1, 0.15) is 42.2 Å². The summed E-state index contributed by atoms with van der Waals surface area (Å²) in [6.07, 6.45) is -12.6. The third-order valence-corrected chi connectivity index (χ3v) is 12.4. The fourth-order valence-corrected chi connectivity index (χ4v) is 9.31. The van der Waals surface area contributed by atoms with Gasteiger partial charge in [-0.2, -0.15) is 0 Å². The SMILES string of the molecule is CC(=O)NC1[C@H](COC[C@@H]2C(CO)O[C@@H](COC[C@@H]3C(CO)O[C@@H](O)C(NC(C)=O)[C@H]3O)C(NC(C)=O)[C@H]2OC(c2ccccc2)(c2ccccc2)c2ccccc2)OC(CO)[C@@H](O)[C@@H]1O. The molecule has 0 aliphatic carbocycles. The number of ether oxygens (including phenoxy) is 6. The topological polar surface area (TPSA) is 284 Å². The van der Waals surface area contributed by atoms with Crippen LogP contribution < -0.4 is 16.0 Å². The first kappa shape index (κ1) is 51.0. The normalized spacial score (nSPS) is 32.5. The van der Waals surface area contributed by atoms with Crippen LogP contribution in [0, 0.1) is 11.8 Å². The molecule has 3 aliphatic rings. The highest BCUT2D eigenvalue weighted by Crippen LogP contribution is 2.45. The molecule has 3 aromatic rings. The third-order valence-electron chi connectivity index (χ3n) is 12.4. The molecule has 3 aromatic carbocycles. The zero-order valence-corrected chi connectivity index (χ0v) is 37.1. The Morgan fingerprint density at radius 3 is 1.38 bits per heavy atom. The third kappa shape index (κ3) is 11.6. The molecule has 0 saturated carbocycles. The molecule has 15 atom stereocenters. The first-order valence-corrected chi connectivity index (χ1v) is 22.1. The molecule has 6 rings (SSSR count). The zero-order valence-electron chi connectivity index (χ0n) is 37.1. The van der Waals surface area contributed by atoms with Crippen molar-refractivity contribution in [2.75, 3.05) is 46.2 Å². The number of rotatable bonds is 19. The molecule has 3 saturated heterocycles. The van der Waals surface area contributed by atoms with Crippen molar-refractivity contribution >= 4 is 17.7 Å². The Morgan fingerprint density at radius 2 is 0.909 bits per heavy atom.